The monoisotopic (exact) mass is 900 g/mol. The number of unbranched alkanes of at least 4 members (excludes halogenated alkanes) is 22. The minimum atomic E-state index is -4.14. The molecule has 61 heavy (non-hydrogen) atoms. The summed E-state index contributed by atoms with van der Waals surface area (Å²) in [5, 5.41) is 9.24. The van der Waals surface area contributed by atoms with E-state index in [9.17, 15) is 54.2 Å². The molecule has 0 aliphatic heterocycles. The van der Waals surface area contributed by atoms with Gasteiger partial charge < -0.3 is 19.5 Å². The van der Waals surface area contributed by atoms with Crippen LogP contribution >= 0.6 is 0 Å². The second-order valence-corrected chi connectivity index (χ2v) is 17.0. The lowest BCUT2D eigenvalue weighted by Crippen LogP contribution is -2.27. The SMILES string of the molecule is O=C(CCCCCN(CCCCO)CCCCCCCC(=O)OC(CCCCCCCC(F)(F)F)CCCCCCCC(F)(F)F)OCCCCCCCCCCC(F)(F)F. The lowest BCUT2D eigenvalue weighted by Gasteiger charge is -2.22. The van der Waals surface area contributed by atoms with E-state index in [4.69, 9.17) is 9.47 Å². The van der Waals surface area contributed by atoms with Crippen molar-refractivity contribution in [1.82, 2.24) is 4.90 Å². The van der Waals surface area contributed by atoms with Gasteiger partial charge in [0, 0.05) is 38.7 Å². The molecule has 6 nitrogen and oxygen atoms in total. The molecule has 0 aromatic rings. The number of hydrogen-bond donors (Lipinski definition) is 1. The number of halogens is 9. The van der Waals surface area contributed by atoms with Crippen LogP contribution in [0.4, 0.5) is 39.5 Å². The fourth-order valence-corrected chi connectivity index (χ4v) is 7.41. The fourth-order valence-electron chi connectivity index (χ4n) is 7.41. The third-order valence-electron chi connectivity index (χ3n) is 11.0. The Balaban J connectivity index is 4.25. The molecule has 0 aromatic heterocycles. The summed E-state index contributed by atoms with van der Waals surface area (Å²) in [6.07, 6.45) is 7.93. The number of carbonyl (C=O) groups excluding carboxylic acids is 2. The third kappa shape index (κ3) is 47.5. The predicted octanol–water partition coefficient (Wildman–Crippen LogP) is 15.1. The van der Waals surface area contributed by atoms with Crippen LogP contribution in [-0.4, -0.2) is 79.4 Å². The second-order valence-electron chi connectivity index (χ2n) is 17.0. The van der Waals surface area contributed by atoms with Crippen molar-refractivity contribution in [3.05, 3.63) is 0 Å². The van der Waals surface area contributed by atoms with Gasteiger partial charge in [-0.1, -0.05) is 103 Å². The average molecular weight is 900 g/mol. The zero-order valence-corrected chi connectivity index (χ0v) is 37.3. The number of aliphatic hydroxyl groups excluding tert-OH is 1. The van der Waals surface area contributed by atoms with E-state index in [1.54, 1.807) is 0 Å². The Kier molecular flexibility index (Phi) is 37.5. The molecule has 1 N–H and O–H groups in total. The average Bonchev–Trinajstić information content (AvgIpc) is 3.17. The summed E-state index contributed by atoms with van der Waals surface area (Å²) in [4.78, 5) is 27.3. The number of hydrogen-bond acceptors (Lipinski definition) is 6. The number of alkyl halides is 9. The molecule has 0 saturated carbocycles. The Morgan fingerprint density at radius 2 is 0.738 bits per heavy atom. The van der Waals surface area contributed by atoms with E-state index in [0.717, 1.165) is 142 Å². The Labute approximate surface area is 362 Å². The molecule has 0 saturated heterocycles. The second kappa shape index (κ2) is 38.7. The van der Waals surface area contributed by atoms with Crippen LogP contribution < -0.4 is 0 Å². The van der Waals surface area contributed by atoms with E-state index < -0.39 is 37.8 Å². The molecule has 0 rings (SSSR count). The molecule has 15 heteroatoms. The van der Waals surface area contributed by atoms with E-state index in [2.05, 4.69) is 4.90 Å². The van der Waals surface area contributed by atoms with E-state index in [1.807, 2.05) is 0 Å². The molecule has 0 amide bonds. The molecule has 0 heterocycles. The summed E-state index contributed by atoms with van der Waals surface area (Å²) in [7, 11) is 0. The van der Waals surface area contributed by atoms with Crippen molar-refractivity contribution in [1.29, 1.82) is 0 Å². The minimum Gasteiger partial charge on any atom is -0.466 e. The number of nitrogens with zero attached hydrogens (tertiary/aromatic N) is 1. The molecule has 0 aliphatic rings. The first-order chi connectivity index (χ1) is 29.0. The molecule has 364 valence electrons. The van der Waals surface area contributed by atoms with Gasteiger partial charge in [0.05, 0.1) is 6.61 Å². The highest BCUT2D eigenvalue weighted by Gasteiger charge is 2.27. The van der Waals surface area contributed by atoms with Crippen molar-refractivity contribution in [3.63, 3.8) is 0 Å². The van der Waals surface area contributed by atoms with E-state index in [1.165, 1.54) is 0 Å². The molecular weight excluding hydrogens is 817 g/mol. The van der Waals surface area contributed by atoms with Gasteiger partial charge in [-0.15, -0.1) is 0 Å². The number of aliphatic hydroxyl groups is 1. The maximum atomic E-state index is 12.7. The zero-order valence-electron chi connectivity index (χ0n) is 37.3. The molecule has 0 radical (unpaired) electrons. The number of ether oxygens (including phenoxy) is 2. The van der Waals surface area contributed by atoms with Crippen LogP contribution in [-0.2, 0) is 19.1 Å². The van der Waals surface area contributed by atoms with Crippen LogP contribution in [0.3, 0.4) is 0 Å². The van der Waals surface area contributed by atoms with Crippen LogP contribution in [0.2, 0.25) is 0 Å². The molecule has 0 aromatic carbocycles. The standard InChI is InChI=1S/C46H82F9NO5/c47-44(48,49)33-21-11-3-1-2-4-15-28-40-60-42(58)31-20-16-25-37-56(38-26-27-39-57)36-24-14-7-10-19-32-43(59)61-41(29-17-8-5-12-22-34-45(50,51)52)30-18-9-6-13-23-35-46(53,54)55/h41,57H,1-40H2. The van der Waals surface area contributed by atoms with Gasteiger partial charge in [-0.25, -0.2) is 0 Å². The first-order valence-corrected chi connectivity index (χ1v) is 23.9. The maximum absolute atomic E-state index is 12.7. The van der Waals surface area contributed by atoms with Gasteiger partial charge in [-0.3, -0.25) is 9.59 Å². The number of rotatable bonds is 43. The summed E-state index contributed by atoms with van der Waals surface area (Å²) < 4.78 is 122. The summed E-state index contributed by atoms with van der Waals surface area (Å²) >= 11 is 0. The number of carbonyl (C=O) groups is 2. The Morgan fingerprint density at radius 1 is 0.410 bits per heavy atom. The van der Waals surface area contributed by atoms with E-state index >= 15 is 0 Å². The highest BCUT2D eigenvalue weighted by Crippen LogP contribution is 2.26. The largest absolute Gasteiger partial charge is 0.466 e. The van der Waals surface area contributed by atoms with Crippen molar-refractivity contribution < 1.29 is 63.7 Å². The van der Waals surface area contributed by atoms with Crippen molar-refractivity contribution in [2.45, 2.75) is 249 Å². The van der Waals surface area contributed by atoms with Gasteiger partial charge in [0.2, 0.25) is 0 Å². The normalized spacial score (nSPS) is 12.5. The summed E-state index contributed by atoms with van der Waals surface area (Å²) in [6.45, 7) is 3.34. The molecule has 0 fully saturated rings. The predicted molar refractivity (Wildman–Crippen MR) is 224 cm³/mol. The Morgan fingerprint density at radius 3 is 1.16 bits per heavy atom. The zero-order chi connectivity index (χ0) is 45.5. The Bertz CT molecular complexity index is 984. The van der Waals surface area contributed by atoms with Crippen LogP contribution in [0.25, 0.3) is 0 Å². The smallest absolute Gasteiger partial charge is 0.389 e. The molecule has 0 atom stereocenters. The van der Waals surface area contributed by atoms with Gasteiger partial charge in [0.1, 0.15) is 6.10 Å². The first-order valence-electron chi connectivity index (χ1n) is 23.9. The third-order valence-corrected chi connectivity index (χ3v) is 11.0. The fraction of sp³-hybridized carbons (Fsp3) is 0.957. The van der Waals surface area contributed by atoms with Gasteiger partial charge >= 0.3 is 30.5 Å². The van der Waals surface area contributed by atoms with E-state index in [0.29, 0.717) is 70.8 Å². The first kappa shape index (κ1) is 59.2. The molecule has 0 spiro atoms. The van der Waals surface area contributed by atoms with Crippen LogP contribution in [0, 0.1) is 0 Å². The maximum Gasteiger partial charge on any atom is 0.389 e. The van der Waals surface area contributed by atoms with Crippen molar-refractivity contribution in [2.24, 2.45) is 0 Å². The highest BCUT2D eigenvalue weighted by molar-refractivity contribution is 5.69. The van der Waals surface area contributed by atoms with E-state index in [-0.39, 0.29) is 43.9 Å². The summed E-state index contributed by atoms with van der Waals surface area (Å²) in [5.41, 5.74) is 0. The van der Waals surface area contributed by atoms with Gasteiger partial charge in [0.15, 0.2) is 0 Å². The lowest BCUT2D eigenvalue weighted by molar-refractivity contribution is -0.150. The molecule has 0 unspecified atom stereocenters. The molecule has 0 aliphatic carbocycles. The summed E-state index contributed by atoms with van der Waals surface area (Å²) in [6, 6.07) is 0. The lowest BCUT2D eigenvalue weighted by atomic mass is 10.0. The van der Waals surface area contributed by atoms with Crippen molar-refractivity contribution >= 4 is 11.9 Å². The van der Waals surface area contributed by atoms with Crippen LogP contribution in [0.15, 0.2) is 0 Å². The Hall–Kier alpha value is -1.77. The van der Waals surface area contributed by atoms with Crippen LogP contribution in [0.1, 0.15) is 225 Å². The number of esters is 2. The topological polar surface area (TPSA) is 76.1 Å². The van der Waals surface area contributed by atoms with Crippen LogP contribution in [0.5, 0.6) is 0 Å². The molecule has 0 bridgehead atoms. The summed E-state index contributed by atoms with van der Waals surface area (Å²) in [5.74, 6) is -0.437. The van der Waals surface area contributed by atoms with Crippen molar-refractivity contribution in [3.8, 4) is 0 Å². The van der Waals surface area contributed by atoms with Gasteiger partial charge in [-0.05, 0) is 110 Å². The van der Waals surface area contributed by atoms with Crippen molar-refractivity contribution in [2.75, 3.05) is 32.8 Å². The van der Waals surface area contributed by atoms with Gasteiger partial charge in [0.25, 0.3) is 0 Å². The molecular formula is C46H82F9NO5. The minimum absolute atomic E-state index is 0.110. The van der Waals surface area contributed by atoms with Gasteiger partial charge in [-0.2, -0.15) is 39.5 Å². The quantitative estimate of drug-likeness (QED) is 0.0373. The highest BCUT2D eigenvalue weighted by atomic mass is 19.4.